The summed E-state index contributed by atoms with van der Waals surface area (Å²) in [7, 11) is 0. The number of para-hydroxylation sites is 1. The molecule has 6 nitrogen and oxygen atoms in total. The van der Waals surface area contributed by atoms with Gasteiger partial charge in [0.2, 0.25) is 5.91 Å². The average molecular weight is 492 g/mol. The van der Waals surface area contributed by atoms with Crippen LogP contribution >= 0.6 is 23.1 Å². The van der Waals surface area contributed by atoms with Gasteiger partial charge in [0.15, 0.2) is 5.16 Å². The molecule has 2 aromatic heterocycles. The van der Waals surface area contributed by atoms with Gasteiger partial charge in [0.1, 0.15) is 4.83 Å². The van der Waals surface area contributed by atoms with Crippen molar-refractivity contribution in [3.8, 4) is 16.1 Å². The van der Waals surface area contributed by atoms with E-state index in [0.717, 1.165) is 16.1 Å². The molecule has 0 saturated carbocycles. The second kappa shape index (κ2) is 9.74. The largest absolute Gasteiger partial charge is 0.372 e. The second-order valence-corrected chi connectivity index (χ2v) is 10.4. The molecular weight excluding hydrogens is 466 g/mol. The molecule has 1 amide bonds. The van der Waals surface area contributed by atoms with E-state index >= 15 is 0 Å². The van der Waals surface area contributed by atoms with Crippen LogP contribution in [-0.4, -0.2) is 51.4 Å². The molecule has 2 atom stereocenters. The number of rotatable bonds is 5. The van der Waals surface area contributed by atoms with Gasteiger partial charge in [0.25, 0.3) is 5.56 Å². The highest BCUT2D eigenvalue weighted by Crippen LogP contribution is 2.33. The van der Waals surface area contributed by atoms with Crippen molar-refractivity contribution in [3.05, 3.63) is 77.1 Å². The SMILES string of the molecule is C[C@@H]1CN(C(=O)CSc2nc3sc(-c4ccccc4)cc3c(=O)n2-c2ccccc2)C[C@H](C)O1. The smallest absolute Gasteiger partial charge is 0.267 e. The lowest BCUT2D eigenvalue weighted by Gasteiger charge is -2.35. The first-order chi connectivity index (χ1) is 16.5. The minimum atomic E-state index is -0.127. The Morgan fingerprint density at radius 3 is 2.38 bits per heavy atom. The Hall–Kier alpha value is -2.94. The van der Waals surface area contributed by atoms with Gasteiger partial charge in [-0.15, -0.1) is 11.3 Å². The van der Waals surface area contributed by atoms with Gasteiger partial charge in [0, 0.05) is 18.0 Å². The van der Waals surface area contributed by atoms with E-state index in [0.29, 0.717) is 28.5 Å². The lowest BCUT2D eigenvalue weighted by atomic mass is 10.2. The molecule has 3 heterocycles. The third kappa shape index (κ3) is 4.66. The van der Waals surface area contributed by atoms with E-state index in [-0.39, 0.29) is 29.4 Å². The minimum Gasteiger partial charge on any atom is -0.372 e. The number of carbonyl (C=O) groups excluding carboxylic acids is 1. The van der Waals surface area contributed by atoms with Crippen molar-refractivity contribution < 1.29 is 9.53 Å². The lowest BCUT2D eigenvalue weighted by molar-refractivity contribution is -0.140. The van der Waals surface area contributed by atoms with Gasteiger partial charge in [-0.25, -0.2) is 4.98 Å². The zero-order chi connectivity index (χ0) is 23.7. The first-order valence-electron chi connectivity index (χ1n) is 11.2. The monoisotopic (exact) mass is 491 g/mol. The lowest BCUT2D eigenvalue weighted by Crippen LogP contribution is -2.48. The van der Waals surface area contributed by atoms with Gasteiger partial charge in [0.05, 0.1) is 29.0 Å². The van der Waals surface area contributed by atoms with Crippen LogP contribution in [0.3, 0.4) is 0 Å². The van der Waals surface area contributed by atoms with Gasteiger partial charge < -0.3 is 9.64 Å². The number of ether oxygens (including phenoxy) is 1. The standard InChI is InChI=1S/C26H25N3O3S2/c1-17-14-28(15-18(2)32-17)23(30)16-33-26-27-24-21(13-22(34-24)19-9-5-3-6-10-19)25(31)29(26)20-11-7-4-8-12-20/h3-13,17-18H,14-16H2,1-2H3/t17-,18+. The van der Waals surface area contributed by atoms with Gasteiger partial charge in [-0.2, -0.15) is 0 Å². The van der Waals surface area contributed by atoms with E-state index in [1.54, 1.807) is 4.57 Å². The van der Waals surface area contributed by atoms with E-state index < -0.39 is 0 Å². The molecule has 0 radical (unpaired) electrons. The zero-order valence-electron chi connectivity index (χ0n) is 19.0. The maximum Gasteiger partial charge on any atom is 0.267 e. The molecule has 1 aliphatic rings. The molecule has 5 rings (SSSR count). The van der Waals surface area contributed by atoms with E-state index in [9.17, 15) is 9.59 Å². The van der Waals surface area contributed by atoms with Crippen LogP contribution in [0.1, 0.15) is 13.8 Å². The Morgan fingerprint density at radius 2 is 1.71 bits per heavy atom. The van der Waals surface area contributed by atoms with Crippen LogP contribution < -0.4 is 5.56 Å². The van der Waals surface area contributed by atoms with Crippen molar-refractivity contribution in [3.63, 3.8) is 0 Å². The minimum absolute atomic E-state index is 0.0113. The summed E-state index contributed by atoms with van der Waals surface area (Å²) in [4.78, 5) is 35.0. The molecule has 8 heteroatoms. The van der Waals surface area contributed by atoms with E-state index in [1.165, 1.54) is 23.1 Å². The highest BCUT2D eigenvalue weighted by molar-refractivity contribution is 7.99. The normalized spacial score (nSPS) is 18.4. The molecule has 34 heavy (non-hydrogen) atoms. The maximum absolute atomic E-state index is 13.6. The number of fused-ring (bicyclic) bond motifs is 1. The Kier molecular flexibility index (Phi) is 6.54. The van der Waals surface area contributed by atoms with E-state index in [1.807, 2.05) is 85.5 Å². The number of thioether (sulfide) groups is 1. The number of carbonyl (C=O) groups is 1. The fraction of sp³-hybridized carbons (Fsp3) is 0.269. The summed E-state index contributed by atoms with van der Waals surface area (Å²) in [5, 5.41) is 1.10. The molecule has 0 N–H and O–H groups in total. The zero-order valence-corrected chi connectivity index (χ0v) is 20.6. The van der Waals surface area contributed by atoms with Crippen LogP contribution in [-0.2, 0) is 9.53 Å². The summed E-state index contributed by atoms with van der Waals surface area (Å²) < 4.78 is 7.37. The summed E-state index contributed by atoms with van der Waals surface area (Å²) in [6.07, 6.45) is 0.0226. The van der Waals surface area contributed by atoms with Crippen molar-refractivity contribution in [2.45, 2.75) is 31.2 Å². The molecule has 174 valence electrons. The van der Waals surface area contributed by atoms with Crippen LogP contribution in [0.5, 0.6) is 0 Å². The first kappa shape index (κ1) is 22.8. The second-order valence-electron chi connectivity index (χ2n) is 8.41. The summed E-state index contributed by atoms with van der Waals surface area (Å²) in [6.45, 7) is 5.11. The summed E-state index contributed by atoms with van der Waals surface area (Å²) in [5.41, 5.74) is 1.66. The number of thiophene rings is 1. The number of hydrogen-bond donors (Lipinski definition) is 0. The van der Waals surface area contributed by atoms with Crippen molar-refractivity contribution in [2.24, 2.45) is 0 Å². The van der Waals surface area contributed by atoms with Crippen molar-refractivity contribution in [1.82, 2.24) is 14.5 Å². The van der Waals surface area contributed by atoms with Crippen LogP contribution in [0.4, 0.5) is 0 Å². The fourth-order valence-electron chi connectivity index (χ4n) is 4.21. The molecule has 0 aliphatic carbocycles. The summed E-state index contributed by atoms with van der Waals surface area (Å²) in [6, 6.07) is 21.4. The van der Waals surface area contributed by atoms with Crippen LogP contribution in [0.2, 0.25) is 0 Å². The van der Waals surface area contributed by atoms with Crippen molar-refractivity contribution >= 4 is 39.2 Å². The van der Waals surface area contributed by atoms with Crippen molar-refractivity contribution in [1.29, 1.82) is 0 Å². The molecule has 0 unspecified atom stereocenters. The predicted molar refractivity (Wildman–Crippen MR) is 138 cm³/mol. The topological polar surface area (TPSA) is 64.4 Å². The number of hydrogen-bond acceptors (Lipinski definition) is 6. The number of aromatic nitrogens is 2. The fourth-order valence-corrected chi connectivity index (χ4v) is 6.20. The number of amides is 1. The predicted octanol–water partition coefficient (Wildman–Crippen LogP) is 4.84. The number of nitrogens with zero attached hydrogens (tertiary/aromatic N) is 3. The Bertz CT molecular complexity index is 1360. The highest BCUT2D eigenvalue weighted by atomic mass is 32.2. The number of benzene rings is 2. The van der Waals surface area contributed by atoms with Gasteiger partial charge in [-0.3, -0.25) is 14.2 Å². The molecule has 0 bridgehead atoms. The van der Waals surface area contributed by atoms with Crippen LogP contribution in [0.15, 0.2) is 76.7 Å². The van der Waals surface area contributed by atoms with Gasteiger partial charge in [-0.05, 0) is 37.6 Å². The van der Waals surface area contributed by atoms with E-state index in [4.69, 9.17) is 9.72 Å². The van der Waals surface area contributed by atoms with E-state index in [2.05, 4.69) is 0 Å². The maximum atomic E-state index is 13.6. The summed E-state index contributed by atoms with van der Waals surface area (Å²) >= 11 is 2.80. The molecule has 1 saturated heterocycles. The molecule has 2 aromatic carbocycles. The summed E-state index contributed by atoms with van der Waals surface area (Å²) in [5.74, 6) is 0.235. The molecule has 1 aliphatic heterocycles. The third-order valence-electron chi connectivity index (χ3n) is 5.70. The molecule has 1 fully saturated rings. The molecule has 4 aromatic rings. The quantitative estimate of drug-likeness (QED) is 0.295. The Morgan fingerprint density at radius 1 is 1.06 bits per heavy atom. The van der Waals surface area contributed by atoms with Gasteiger partial charge in [-0.1, -0.05) is 60.3 Å². The highest BCUT2D eigenvalue weighted by Gasteiger charge is 2.26. The Balaban J connectivity index is 1.52. The van der Waals surface area contributed by atoms with Crippen molar-refractivity contribution in [2.75, 3.05) is 18.8 Å². The first-order valence-corrected chi connectivity index (χ1v) is 13.0. The molecular formula is C26H25N3O3S2. The van der Waals surface area contributed by atoms with Crippen LogP contribution in [0, 0.1) is 0 Å². The van der Waals surface area contributed by atoms with Crippen LogP contribution in [0.25, 0.3) is 26.3 Å². The third-order valence-corrected chi connectivity index (χ3v) is 7.71. The molecule has 0 spiro atoms. The van der Waals surface area contributed by atoms with Gasteiger partial charge >= 0.3 is 0 Å². The average Bonchev–Trinajstić information content (AvgIpc) is 3.28. The Labute approximate surface area is 206 Å². The number of morpholine rings is 1.